The minimum atomic E-state index is -3.90. The molecule has 8 heteroatoms. The maximum atomic E-state index is 13.3. The second-order valence-electron chi connectivity index (χ2n) is 4.32. The zero-order chi connectivity index (χ0) is 15.3. The van der Waals surface area contributed by atoms with Gasteiger partial charge in [-0.3, -0.25) is 4.79 Å². The molecule has 0 aliphatic rings. The Morgan fingerprint density at radius 1 is 1.40 bits per heavy atom. The van der Waals surface area contributed by atoms with E-state index >= 15 is 0 Å². The van der Waals surface area contributed by atoms with Crippen molar-refractivity contribution in [1.29, 1.82) is 0 Å². The zero-order valence-electron chi connectivity index (χ0n) is 11.4. The molecule has 0 heterocycles. The summed E-state index contributed by atoms with van der Waals surface area (Å²) in [5.74, 6) is -1.08. The minimum absolute atomic E-state index is 0.126. The van der Waals surface area contributed by atoms with Gasteiger partial charge in [0, 0.05) is 6.54 Å². The van der Waals surface area contributed by atoms with Gasteiger partial charge in [0.1, 0.15) is 5.82 Å². The van der Waals surface area contributed by atoms with Crippen LogP contribution in [0.4, 0.5) is 10.1 Å². The molecular weight excluding hydrogens is 285 g/mol. The molecule has 20 heavy (non-hydrogen) atoms. The van der Waals surface area contributed by atoms with Gasteiger partial charge in [0.25, 0.3) is 0 Å². The van der Waals surface area contributed by atoms with Crippen molar-refractivity contribution in [1.82, 2.24) is 10.0 Å². The number of carbonyl (C=O) groups is 1. The topological polar surface area (TPSA) is 101 Å². The van der Waals surface area contributed by atoms with Crippen LogP contribution in [0.1, 0.15) is 18.9 Å². The average Bonchev–Trinajstić information content (AvgIpc) is 2.39. The van der Waals surface area contributed by atoms with Gasteiger partial charge in [0.2, 0.25) is 15.9 Å². The molecule has 1 amide bonds. The molecule has 0 saturated carbocycles. The fourth-order valence-corrected chi connectivity index (χ4v) is 2.59. The summed E-state index contributed by atoms with van der Waals surface area (Å²) in [5.41, 5.74) is 5.27. The molecule has 0 spiro atoms. The molecule has 0 unspecified atom stereocenters. The van der Waals surface area contributed by atoms with Gasteiger partial charge < -0.3 is 11.1 Å². The molecule has 0 aromatic heterocycles. The first-order valence-electron chi connectivity index (χ1n) is 6.10. The van der Waals surface area contributed by atoms with Crippen LogP contribution >= 0.6 is 0 Å². The van der Waals surface area contributed by atoms with Gasteiger partial charge in [-0.15, -0.1) is 0 Å². The molecule has 112 valence electrons. The van der Waals surface area contributed by atoms with Crippen molar-refractivity contribution in [3.8, 4) is 0 Å². The summed E-state index contributed by atoms with van der Waals surface area (Å²) in [6, 6.07) is 2.19. The number of hydrogen-bond donors (Lipinski definition) is 3. The number of benzene rings is 1. The van der Waals surface area contributed by atoms with Gasteiger partial charge >= 0.3 is 0 Å². The third-order valence-corrected chi connectivity index (χ3v) is 3.94. The first kappa shape index (κ1) is 16.4. The summed E-state index contributed by atoms with van der Waals surface area (Å²) in [5, 5.41) is 2.54. The average molecular weight is 303 g/mol. The maximum absolute atomic E-state index is 13.3. The molecule has 4 N–H and O–H groups in total. The Hall–Kier alpha value is -1.67. The fourth-order valence-electron chi connectivity index (χ4n) is 1.49. The maximum Gasteiger partial charge on any atom is 0.241 e. The van der Waals surface area contributed by atoms with E-state index in [9.17, 15) is 17.6 Å². The Labute approximate surface area is 117 Å². The lowest BCUT2D eigenvalue weighted by molar-refractivity contribution is -0.119. The van der Waals surface area contributed by atoms with E-state index in [4.69, 9.17) is 5.73 Å². The van der Waals surface area contributed by atoms with Crippen LogP contribution in [0.25, 0.3) is 0 Å². The molecule has 0 saturated heterocycles. The van der Waals surface area contributed by atoms with Gasteiger partial charge in [-0.25, -0.2) is 17.5 Å². The monoisotopic (exact) mass is 303 g/mol. The Balaban J connectivity index is 2.82. The lowest BCUT2D eigenvalue weighted by Gasteiger charge is -2.09. The number of nitrogens with two attached hydrogens (primary N) is 1. The largest absolute Gasteiger partial charge is 0.396 e. The SMILES string of the molecule is CCCNC(=O)CNS(=O)(=O)c1cc(C)c(F)c(N)c1. The molecule has 1 rings (SSSR count). The molecular formula is C12H18FN3O3S. The standard InChI is InChI=1S/C12H18FN3O3S/c1-3-4-15-11(17)7-16-20(18,19)9-5-8(2)12(13)10(14)6-9/h5-6,16H,3-4,7,14H2,1-2H3,(H,15,17). The van der Waals surface area contributed by atoms with Crippen molar-refractivity contribution in [2.24, 2.45) is 0 Å². The van der Waals surface area contributed by atoms with Crippen LogP contribution in [0, 0.1) is 12.7 Å². The summed E-state index contributed by atoms with van der Waals surface area (Å²) < 4.78 is 39.4. The number of anilines is 1. The molecule has 1 aromatic carbocycles. The van der Waals surface area contributed by atoms with Gasteiger partial charge in [0.05, 0.1) is 17.1 Å². The van der Waals surface area contributed by atoms with E-state index in [-0.39, 0.29) is 22.7 Å². The van der Waals surface area contributed by atoms with Crippen LogP contribution in [0.2, 0.25) is 0 Å². The zero-order valence-corrected chi connectivity index (χ0v) is 12.2. The molecule has 0 aliphatic heterocycles. The van der Waals surface area contributed by atoms with Crippen LogP contribution in [-0.4, -0.2) is 27.4 Å². The summed E-state index contributed by atoms with van der Waals surface area (Å²) in [6.45, 7) is 3.40. The second kappa shape index (κ2) is 6.67. The van der Waals surface area contributed by atoms with Crippen molar-refractivity contribution in [2.75, 3.05) is 18.8 Å². The third kappa shape index (κ3) is 4.17. The smallest absolute Gasteiger partial charge is 0.241 e. The number of amides is 1. The number of halogens is 1. The number of nitrogen functional groups attached to an aromatic ring is 1. The van der Waals surface area contributed by atoms with Crippen LogP contribution < -0.4 is 15.8 Å². The molecule has 1 aromatic rings. The van der Waals surface area contributed by atoms with E-state index in [0.717, 1.165) is 18.6 Å². The van der Waals surface area contributed by atoms with E-state index in [1.165, 1.54) is 6.92 Å². The molecule has 0 aliphatic carbocycles. The van der Waals surface area contributed by atoms with Crippen molar-refractivity contribution >= 4 is 21.6 Å². The predicted molar refractivity (Wildman–Crippen MR) is 74.0 cm³/mol. The molecule has 6 nitrogen and oxygen atoms in total. The second-order valence-corrected chi connectivity index (χ2v) is 6.08. The normalized spacial score (nSPS) is 11.3. The summed E-state index contributed by atoms with van der Waals surface area (Å²) in [7, 11) is -3.90. The van der Waals surface area contributed by atoms with Gasteiger partial charge in [-0.2, -0.15) is 0 Å². The highest BCUT2D eigenvalue weighted by molar-refractivity contribution is 7.89. The van der Waals surface area contributed by atoms with Crippen molar-refractivity contribution < 1.29 is 17.6 Å². The van der Waals surface area contributed by atoms with Gasteiger partial charge in [-0.1, -0.05) is 6.92 Å². The molecule has 0 fully saturated rings. The Bertz CT molecular complexity index is 579. The first-order valence-corrected chi connectivity index (χ1v) is 7.58. The summed E-state index contributed by atoms with van der Waals surface area (Å²) in [6.07, 6.45) is 0.756. The molecule has 0 atom stereocenters. The van der Waals surface area contributed by atoms with Crippen molar-refractivity contribution in [2.45, 2.75) is 25.2 Å². The van der Waals surface area contributed by atoms with Crippen LogP contribution in [0.5, 0.6) is 0 Å². The quantitative estimate of drug-likeness (QED) is 0.667. The number of rotatable bonds is 6. The highest BCUT2D eigenvalue weighted by Crippen LogP contribution is 2.20. The Kier molecular flexibility index (Phi) is 5.46. The van der Waals surface area contributed by atoms with E-state index in [2.05, 4.69) is 10.0 Å². The number of hydrogen-bond acceptors (Lipinski definition) is 4. The summed E-state index contributed by atoms with van der Waals surface area (Å²) >= 11 is 0. The van der Waals surface area contributed by atoms with E-state index in [1.54, 1.807) is 0 Å². The number of sulfonamides is 1. The third-order valence-electron chi connectivity index (χ3n) is 2.56. The van der Waals surface area contributed by atoms with Gasteiger partial charge in [-0.05, 0) is 31.0 Å². The first-order chi connectivity index (χ1) is 9.27. The van der Waals surface area contributed by atoms with Crippen molar-refractivity contribution in [3.05, 3.63) is 23.5 Å². The van der Waals surface area contributed by atoms with E-state index < -0.39 is 21.7 Å². The fraction of sp³-hybridized carbons (Fsp3) is 0.417. The van der Waals surface area contributed by atoms with Crippen molar-refractivity contribution in [3.63, 3.8) is 0 Å². The van der Waals surface area contributed by atoms with E-state index in [0.29, 0.717) is 6.54 Å². The highest BCUT2D eigenvalue weighted by atomic mass is 32.2. The lowest BCUT2D eigenvalue weighted by Crippen LogP contribution is -2.37. The number of aryl methyl sites for hydroxylation is 1. The Morgan fingerprint density at radius 3 is 2.60 bits per heavy atom. The van der Waals surface area contributed by atoms with Crippen LogP contribution in [-0.2, 0) is 14.8 Å². The Morgan fingerprint density at radius 2 is 2.05 bits per heavy atom. The predicted octanol–water partition coefficient (Wildman–Crippen LogP) is 0.521. The minimum Gasteiger partial charge on any atom is -0.396 e. The highest BCUT2D eigenvalue weighted by Gasteiger charge is 2.18. The number of nitrogens with one attached hydrogen (secondary N) is 2. The van der Waals surface area contributed by atoms with Crippen LogP contribution in [0.3, 0.4) is 0 Å². The number of carbonyl (C=O) groups excluding carboxylic acids is 1. The van der Waals surface area contributed by atoms with Crippen LogP contribution in [0.15, 0.2) is 17.0 Å². The molecule has 0 bridgehead atoms. The van der Waals surface area contributed by atoms with Gasteiger partial charge in [0.15, 0.2) is 0 Å². The lowest BCUT2D eigenvalue weighted by atomic mass is 10.2. The summed E-state index contributed by atoms with van der Waals surface area (Å²) in [4.78, 5) is 11.2. The molecule has 0 radical (unpaired) electrons. The van der Waals surface area contributed by atoms with E-state index in [1.807, 2.05) is 6.92 Å².